The molecule has 1 saturated carbocycles. The third-order valence-corrected chi connectivity index (χ3v) is 5.82. The van der Waals surface area contributed by atoms with Crippen molar-refractivity contribution in [2.24, 2.45) is 5.92 Å². The van der Waals surface area contributed by atoms with Crippen LogP contribution in [0.3, 0.4) is 0 Å². The molecule has 1 aromatic heterocycles. The summed E-state index contributed by atoms with van der Waals surface area (Å²) in [6.07, 6.45) is 5.97. The predicted molar refractivity (Wildman–Crippen MR) is 118 cm³/mol. The van der Waals surface area contributed by atoms with E-state index in [-0.39, 0.29) is 17.6 Å². The summed E-state index contributed by atoms with van der Waals surface area (Å²) in [5.41, 5.74) is 2.59. The number of nitrogens with one attached hydrogen (secondary N) is 2. The molecular weight excluding hydrogens is 378 g/mol. The van der Waals surface area contributed by atoms with Crippen molar-refractivity contribution in [2.45, 2.75) is 51.9 Å². The van der Waals surface area contributed by atoms with E-state index >= 15 is 0 Å². The maximum atomic E-state index is 12.4. The van der Waals surface area contributed by atoms with E-state index < -0.39 is 0 Å². The normalized spacial score (nSPS) is 17.6. The van der Waals surface area contributed by atoms with E-state index in [4.69, 9.17) is 4.98 Å². The van der Waals surface area contributed by atoms with E-state index in [1.807, 2.05) is 37.3 Å². The van der Waals surface area contributed by atoms with Crippen molar-refractivity contribution in [1.29, 1.82) is 0 Å². The van der Waals surface area contributed by atoms with Crippen LogP contribution in [-0.2, 0) is 9.59 Å². The molecule has 0 bridgehead atoms. The number of aryl methyl sites for hydroxylation is 1. The summed E-state index contributed by atoms with van der Waals surface area (Å²) >= 11 is 0. The molecule has 30 heavy (non-hydrogen) atoms. The highest BCUT2D eigenvalue weighted by molar-refractivity contribution is 5.94. The zero-order chi connectivity index (χ0) is 20.9. The molecule has 2 fully saturated rings. The Balaban J connectivity index is 1.38. The van der Waals surface area contributed by atoms with Crippen molar-refractivity contribution in [3.05, 3.63) is 36.0 Å². The number of carbonyl (C=O) groups excluding carboxylic acids is 2. The molecule has 2 heterocycles. The fourth-order valence-corrected chi connectivity index (χ4v) is 4.08. The molecule has 7 nitrogen and oxygen atoms in total. The molecular formula is C23H29N5O2. The number of hydrogen-bond acceptors (Lipinski definition) is 6. The highest BCUT2D eigenvalue weighted by Crippen LogP contribution is 2.25. The fourth-order valence-electron chi connectivity index (χ4n) is 4.08. The first-order valence-corrected chi connectivity index (χ1v) is 10.9. The summed E-state index contributed by atoms with van der Waals surface area (Å²) in [5.74, 6) is 1.75. The summed E-state index contributed by atoms with van der Waals surface area (Å²) in [6.45, 7) is 4.00. The van der Waals surface area contributed by atoms with Gasteiger partial charge in [-0.3, -0.25) is 9.59 Å². The van der Waals surface area contributed by atoms with E-state index in [9.17, 15) is 9.59 Å². The lowest BCUT2D eigenvalue weighted by Crippen LogP contribution is -2.31. The van der Waals surface area contributed by atoms with Gasteiger partial charge >= 0.3 is 0 Å². The van der Waals surface area contributed by atoms with E-state index in [1.165, 1.54) is 19.3 Å². The Labute approximate surface area is 177 Å². The SMILES string of the molecule is Cc1cc(Nc2ccc(NC(=O)C3CCC(=O)CC3)cc2)nc(N2CCCCC2)n1. The van der Waals surface area contributed by atoms with Gasteiger partial charge in [-0.25, -0.2) is 4.98 Å². The quantitative estimate of drug-likeness (QED) is 0.772. The number of Topliss-reactive ketones (excluding diaryl/α,β-unsaturated/α-hetero) is 1. The first-order chi connectivity index (χ1) is 14.6. The number of ketones is 1. The number of anilines is 4. The van der Waals surface area contributed by atoms with Gasteiger partial charge in [-0.2, -0.15) is 4.98 Å². The Kier molecular flexibility index (Phi) is 6.26. The maximum Gasteiger partial charge on any atom is 0.227 e. The number of nitrogens with zero attached hydrogens (tertiary/aromatic N) is 3. The van der Waals surface area contributed by atoms with Crippen molar-refractivity contribution < 1.29 is 9.59 Å². The highest BCUT2D eigenvalue weighted by atomic mass is 16.2. The molecule has 0 atom stereocenters. The predicted octanol–water partition coefficient (Wildman–Crippen LogP) is 4.22. The van der Waals surface area contributed by atoms with E-state index in [0.29, 0.717) is 25.7 Å². The van der Waals surface area contributed by atoms with Gasteiger partial charge in [-0.1, -0.05) is 0 Å². The standard InChI is InChI=1S/C23H29N5O2/c1-16-15-21(27-23(24-16)28-13-3-2-4-14-28)25-18-7-9-19(10-8-18)26-22(30)17-5-11-20(29)12-6-17/h7-10,15,17H,2-6,11-14H2,1H3,(H,26,30)(H,24,25,27). The van der Waals surface area contributed by atoms with Crippen molar-refractivity contribution >= 4 is 34.8 Å². The van der Waals surface area contributed by atoms with Crippen LogP contribution in [0.1, 0.15) is 50.6 Å². The lowest BCUT2D eigenvalue weighted by Gasteiger charge is -2.27. The van der Waals surface area contributed by atoms with Crippen LogP contribution in [0.2, 0.25) is 0 Å². The molecule has 0 radical (unpaired) electrons. The topological polar surface area (TPSA) is 87.2 Å². The molecule has 7 heteroatoms. The molecule has 4 rings (SSSR count). The molecule has 1 aliphatic heterocycles. The minimum absolute atomic E-state index is 0.000748. The maximum absolute atomic E-state index is 12.4. The first-order valence-electron chi connectivity index (χ1n) is 10.9. The lowest BCUT2D eigenvalue weighted by molar-refractivity contribution is -0.125. The minimum Gasteiger partial charge on any atom is -0.341 e. The summed E-state index contributed by atoms with van der Waals surface area (Å²) in [5, 5.41) is 6.31. The van der Waals surface area contributed by atoms with Gasteiger partial charge in [0.1, 0.15) is 11.6 Å². The van der Waals surface area contributed by atoms with E-state index in [0.717, 1.165) is 41.9 Å². The van der Waals surface area contributed by atoms with Crippen LogP contribution in [0.15, 0.2) is 30.3 Å². The smallest absolute Gasteiger partial charge is 0.227 e. The van der Waals surface area contributed by atoms with E-state index in [1.54, 1.807) is 0 Å². The third-order valence-electron chi connectivity index (χ3n) is 5.82. The average Bonchev–Trinajstić information content (AvgIpc) is 2.76. The number of hydrogen-bond donors (Lipinski definition) is 2. The average molecular weight is 408 g/mol. The number of rotatable bonds is 5. The Morgan fingerprint density at radius 1 is 1.00 bits per heavy atom. The van der Waals surface area contributed by atoms with Crippen LogP contribution in [0.25, 0.3) is 0 Å². The molecule has 1 aliphatic carbocycles. The van der Waals surface area contributed by atoms with Crippen LogP contribution < -0.4 is 15.5 Å². The van der Waals surface area contributed by atoms with Gasteiger partial charge in [0, 0.05) is 55.0 Å². The van der Waals surface area contributed by atoms with Gasteiger partial charge in [-0.05, 0) is 63.3 Å². The Morgan fingerprint density at radius 2 is 1.67 bits per heavy atom. The monoisotopic (exact) mass is 407 g/mol. The van der Waals surface area contributed by atoms with Gasteiger partial charge in [0.05, 0.1) is 0 Å². The summed E-state index contributed by atoms with van der Waals surface area (Å²) in [7, 11) is 0. The second-order valence-electron chi connectivity index (χ2n) is 8.25. The first kappa shape index (κ1) is 20.3. The van der Waals surface area contributed by atoms with Crippen LogP contribution in [0.4, 0.5) is 23.1 Å². The van der Waals surface area contributed by atoms with Gasteiger partial charge in [0.2, 0.25) is 11.9 Å². The number of benzene rings is 1. The molecule has 158 valence electrons. The van der Waals surface area contributed by atoms with Gasteiger partial charge in [0.15, 0.2) is 0 Å². The molecule has 2 aromatic rings. The van der Waals surface area contributed by atoms with E-state index in [2.05, 4.69) is 20.5 Å². The molecule has 2 aliphatic rings. The van der Waals surface area contributed by atoms with Crippen molar-refractivity contribution in [2.75, 3.05) is 28.6 Å². The fraction of sp³-hybridized carbons (Fsp3) is 0.478. The number of aromatic nitrogens is 2. The molecule has 1 aromatic carbocycles. The number of carbonyl (C=O) groups is 2. The highest BCUT2D eigenvalue weighted by Gasteiger charge is 2.24. The number of piperidine rings is 1. The Morgan fingerprint density at radius 3 is 2.37 bits per heavy atom. The summed E-state index contributed by atoms with van der Waals surface area (Å²) < 4.78 is 0. The Bertz CT molecular complexity index is 896. The largest absolute Gasteiger partial charge is 0.341 e. The Hall–Kier alpha value is -2.96. The van der Waals surface area contributed by atoms with Gasteiger partial charge < -0.3 is 15.5 Å². The summed E-state index contributed by atoms with van der Waals surface area (Å²) in [4.78, 5) is 35.3. The van der Waals surface area contributed by atoms with Gasteiger partial charge in [0.25, 0.3) is 0 Å². The summed E-state index contributed by atoms with van der Waals surface area (Å²) in [6, 6.07) is 9.56. The van der Waals surface area contributed by atoms with Crippen LogP contribution in [-0.4, -0.2) is 34.7 Å². The minimum atomic E-state index is -0.0716. The van der Waals surface area contributed by atoms with Crippen molar-refractivity contribution in [1.82, 2.24) is 9.97 Å². The lowest BCUT2D eigenvalue weighted by atomic mass is 9.88. The van der Waals surface area contributed by atoms with Gasteiger partial charge in [-0.15, -0.1) is 0 Å². The third kappa shape index (κ3) is 5.14. The second-order valence-corrected chi connectivity index (χ2v) is 8.25. The zero-order valence-electron chi connectivity index (χ0n) is 17.5. The molecule has 2 N–H and O–H groups in total. The molecule has 0 unspecified atom stereocenters. The van der Waals surface area contributed by atoms with Crippen LogP contribution in [0, 0.1) is 12.8 Å². The van der Waals surface area contributed by atoms with Crippen molar-refractivity contribution in [3.8, 4) is 0 Å². The second kappa shape index (κ2) is 9.24. The molecule has 1 amide bonds. The zero-order valence-corrected chi connectivity index (χ0v) is 17.5. The molecule has 0 spiro atoms. The molecule has 1 saturated heterocycles. The van der Waals surface area contributed by atoms with Crippen LogP contribution in [0.5, 0.6) is 0 Å². The van der Waals surface area contributed by atoms with Crippen LogP contribution >= 0.6 is 0 Å². The van der Waals surface area contributed by atoms with Crippen molar-refractivity contribution in [3.63, 3.8) is 0 Å². The number of amides is 1.